The Hall–Kier alpha value is -5.14. The minimum Gasteiger partial charge on any atom is -0.497 e. The number of nitrogens with one attached hydrogen (secondary N) is 2. The molecule has 2 atom stereocenters. The number of primary amides is 1. The van der Waals surface area contributed by atoms with Crippen molar-refractivity contribution in [1.82, 2.24) is 20.2 Å². The Balaban J connectivity index is 1.26. The third kappa shape index (κ3) is 6.59. The number of benzene rings is 3. The van der Waals surface area contributed by atoms with E-state index in [2.05, 4.69) is 26.3 Å². The van der Waals surface area contributed by atoms with Crippen LogP contribution >= 0.6 is 0 Å². The van der Waals surface area contributed by atoms with Crippen LogP contribution in [0.25, 0.3) is 0 Å². The van der Waals surface area contributed by atoms with Crippen molar-refractivity contribution in [2.24, 2.45) is 5.73 Å². The van der Waals surface area contributed by atoms with Gasteiger partial charge in [0.1, 0.15) is 17.5 Å². The van der Waals surface area contributed by atoms with E-state index in [0.717, 1.165) is 28.8 Å². The van der Waals surface area contributed by atoms with Gasteiger partial charge < -0.3 is 30.4 Å². The van der Waals surface area contributed by atoms with Crippen LogP contribution in [-0.2, 0) is 24.3 Å². The number of rotatable bonds is 11. The molecule has 42 heavy (non-hydrogen) atoms. The molecule has 0 aliphatic carbocycles. The van der Waals surface area contributed by atoms with Crippen LogP contribution < -0.4 is 25.8 Å². The molecule has 2 unspecified atom stereocenters. The van der Waals surface area contributed by atoms with Gasteiger partial charge >= 0.3 is 0 Å². The lowest BCUT2D eigenvalue weighted by atomic mass is 9.96. The summed E-state index contributed by atoms with van der Waals surface area (Å²) in [6.07, 6.45) is 4.59. The first-order valence-electron chi connectivity index (χ1n) is 13.7. The van der Waals surface area contributed by atoms with Crippen molar-refractivity contribution >= 4 is 11.8 Å². The van der Waals surface area contributed by atoms with Crippen LogP contribution in [0.5, 0.6) is 11.5 Å². The van der Waals surface area contributed by atoms with Gasteiger partial charge in [-0.15, -0.1) is 0 Å². The van der Waals surface area contributed by atoms with Gasteiger partial charge in [-0.1, -0.05) is 36.4 Å². The Bertz CT molecular complexity index is 1590. The number of para-hydroxylation sites is 1. The zero-order chi connectivity index (χ0) is 29.5. The monoisotopic (exact) mass is 564 g/mol. The number of amides is 2. The molecule has 0 spiro atoms. The van der Waals surface area contributed by atoms with E-state index in [1.165, 1.54) is 0 Å². The highest BCUT2D eigenvalue weighted by Crippen LogP contribution is 2.35. The van der Waals surface area contributed by atoms with Gasteiger partial charge in [-0.2, -0.15) is 5.26 Å². The third-order valence-electron chi connectivity index (χ3n) is 7.33. The van der Waals surface area contributed by atoms with Crippen LogP contribution in [0, 0.1) is 11.3 Å². The molecular weight excluding hydrogens is 532 g/mol. The molecule has 1 aliphatic heterocycles. The van der Waals surface area contributed by atoms with Crippen LogP contribution in [-0.4, -0.2) is 41.1 Å². The van der Waals surface area contributed by atoms with E-state index in [9.17, 15) is 9.59 Å². The molecule has 10 heteroatoms. The molecule has 1 aromatic heterocycles. The van der Waals surface area contributed by atoms with Crippen LogP contribution in [0.15, 0.2) is 79.3 Å². The second-order valence-corrected chi connectivity index (χ2v) is 10.1. The van der Waals surface area contributed by atoms with Crippen molar-refractivity contribution in [2.75, 3.05) is 13.7 Å². The quantitative estimate of drug-likeness (QED) is 0.254. The van der Waals surface area contributed by atoms with E-state index in [-0.39, 0.29) is 12.5 Å². The van der Waals surface area contributed by atoms with Gasteiger partial charge in [0.15, 0.2) is 0 Å². The minimum atomic E-state index is -0.893. The van der Waals surface area contributed by atoms with E-state index in [1.54, 1.807) is 31.6 Å². The van der Waals surface area contributed by atoms with E-state index in [0.29, 0.717) is 42.3 Å². The van der Waals surface area contributed by atoms with E-state index in [4.69, 9.17) is 20.5 Å². The normalized spacial score (nSPS) is 14.6. The number of methoxy groups -OCH3 is 1. The van der Waals surface area contributed by atoms with Crippen molar-refractivity contribution in [3.8, 4) is 17.6 Å². The SMILES string of the molecule is COc1ccc(CC(NC(=O)c2cccc3c2OCCC3NCc2cncn2Cc2ccc(C#N)cc2)C(N)=O)cc1. The molecule has 3 aromatic carbocycles. The maximum absolute atomic E-state index is 13.4. The van der Waals surface area contributed by atoms with Gasteiger partial charge in [-0.05, 0) is 41.5 Å². The van der Waals surface area contributed by atoms with Crippen LogP contribution in [0.2, 0.25) is 0 Å². The number of hydrogen-bond donors (Lipinski definition) is 3. The van der Waals surface area contributed by atoms with Gasteiger partial charge in [0.2, 0.25) is 5.91 Å². The Kier molecular flexibility index (Phi) is 8.80. The first-order chi connectivity index (χ1) is 20.4. The molecule has 0 saturated carbocycles. The molecule has 0 bridgehead atoms. The maximum atomic E-state index is 13.4. The number of aromatic nitrogens is 2. The van der Waals surface area contributed by atoms with Crippen molar-refractivity contribution in [1.29, 1.82) is 5.26 Å². The fraction of sp³-hybridized carbons (Fsp3) is 0.250. The van der Waals surface area contributed by atoms with Crippen LogP contribution in [0.3, 0.4) is 0 Å². The van der Waals surface area contributed by atoms with Crippen molar-refractivity contribution < 1.29 is 19.1 Å². The molecule has 214 valence electrons. The van der Waals surface area contributed by atoms with E-state index in [1.807, 2.05) is 54.7 Å². The fourth-order valence-electron chi connectivity index (χ4n) is 5.02. The number of nitrogens with two attached hydrogens (primary N) is 1. The molecular formula is C32H32N6O4. The van der Waals surface area contributed by atoms with Crippen LogP contribution in [0.1, 0.15) is 50.8 Å². The summed E-state index contributed by atoms with van der Waals surface area (Å²) in [5.41, 5.74) is 10.4. The van der Waals surface area contributed by atoms with Crippen LogP contribution in [0.4, 0.5) is 0 Å². The first-order valence-corrected chi connectivity index (χ1v) is 13.7. The van der Waals surface area contributed by atoms with Gasteiger partial charge in [0, 0.05) is 43.7 Å². The summed E-state index contributed by atoms with van der Waals surface area (Å²) in [6, 6.07) is 21.4. The number of carbonyl (C=O) groups excluding carboxylic acids is 2. The Labute approximate surface area is 244 Å². The zero-order valence-electron chi connectivity index (χ0n) is 23.2. The zero-order valence-corrected chi connectivity index (χ0v) is 23.2. The number of hydrogen-bond acceptors (Lipinski definition) is 7. The van der Waals surface area contributed by atoms with Crippen molar-refractivity contribution in [2.45, 2.75) is 38.0 Å². The summed E-state index contributed by atoms with van der Waals surface area (Å²) in [5, 5.41) is 15.4. The number of ether oxygens (including phenoxy) is 2. The standard InChI is InChI=1S/C32H32N6O4/c1-41-25-11-9-21(10-12-25)15-29(31(34)39)37-32(40)27-4-2-3-26-28(13-14-42-30(26)27)36-18-24-17-35-20-38(24)19-23-7-5-22(16-33)6-8-23/h2-12,17,20,28-29,36H,13-15,18-19H2,1H3,(H2,34,39)(H,37,40). The largest absolute Gasteiger partial charge is 0.497 e. The Morgan fingerprint density at radius 3 is 2.62 bits per heavy atom. The lowest BCUT2D eigenvalue weighted by molar-refractivity contribution is -0.119. The van der Waals surface area contributed by atoms with Crippen molar-refractivity contribution in [3.05, 3.63) is 113 Å². The molecule has 0 saturated heterocycles. The van der Waals surface area contributed by atoms with Gasteiger partial charge in [0.25, 0.3) is 5.91 Å². The number of carbonyl (C=O) groups is 2. The molecule has 4 N–H and O–H groups in total. The molecule has 2 heterocycles. The summed E-state index contributed by atoms with van der Waals surface area (Å²) >= 11 is 0. The van der Waals surface area contributed by atoms with E-state index >= 15 is 0 Å². The summed E-state index contributed by atoms with van der Waals surface area (Å²) in [7, 11) is 1.58. The molecule has 2 amide bonds. The average molecular weight is 565 g/mol. The third-order valence-corrected chi connectivity index (χ3v) is 7.33. The fourth-order valence-corrected chi connectivity index (χ4v) is 5.02. The number of fused-ring (bicyclic) bond motifs is 1. The number of nitriles is 1. The van der Waals surface area contributed by atoms with Gasteiger partial charge in [-0.3, -0.25) is 9.59 Å². The second kappa shape index (κ2) is 13.0. The first kappa shape index (κ1) is 28.4. The van der Waals surface area contributed by atoms with Gasteiger partial charge in [-0.25, -0.2) is 4.98 Å². The average Bonchev–Trinajstić information content (AvgIpc) is 3.46. The summed E-state index contributed by atoms with van der Waals surface area (Å²) in [5.74, 6) is 0.148. The molecule has 0 fully saturated rings. The smallest absolute Gasteiger partial charge is 0.255 e. The minimum absolute atomic E-state index is 0.0500. The van der Waals surface area contributed by atoms with E-state index < -0.39 is 17.9 Å². The topological polar surface area (TPSA) is 144 Å². The lowest BCUT2D eigenvalue weighted by Gasteiger charge is -2.28. The molecule has 5 rings (SSSR count). The predicted molar refractivity (Wildman–Crippen MR) is 156 cm³/mol. The number of imidazole rings is 1. The van der Waals surface area contributed by atoms with Gasteiger partial charge in [0.05, 0.1) is 42.9 Å². The summed E-state index contributed by atoms with van der Waals surface area (Å²) in [4.78, 5) is 29.9. The lowest BCUT2D eigenvalue weighted by Crippen LogP contribution is -2.46. The Morgan fingerprint density at radius 1 is 1.14 bits per heavy atom. The van der Waals surface area contributed by atoms with Crippen molar-refractivity contribution in [3.63, 3.8) is 0 Å². The summed E-state index contributed by atoms with van der Waals surface area (Å²) in [6.45, 7) is 1.63. The highest BCUT2D eigenvalue weighted by atomic mass is 16.5. The highest BCUT2D eigenvalue weighted by Gasteiger charge is 2.28. The maximum Gasteiger partial charge on any atom is 0.255 e. The molecule has 0 radical (unpaired) electrons. The second-order valence-electron chi connectivity index (χ2n) is 10.1. The number of nitrogens with zero attached hydrogens (tertiary/aromatic N) is 3. The summed E-state index contributed by atoms with van der Waals surface area (Å²) < 4.78 is 13.2. The molecule has 1 aliphatic rings. The molecule has 4 aromatic rings. The molecule has 10 nitrogen and oxygen atoms in total. The predicted octanol–water partition coefficient (Wildman–Crippen LogP) is 3.25. The Morgan fingerprint density at radius 2 is 1.90 bits per heavy atom. The highest BCUT2D eigenvalue weighted by molar-refractivity contribution is 6.00.